The minimum atomic E-state index is -4.46. The predicted molar refractivity (Wildman–Crippen MR) is 64.6 cm³/mol. The third-order valence-corrected chi connectivity index (χ3v) is 3.78. The average molecular weight is 272 g/mol. The molecule has 1 N–H and O–H groups in total. The van der Waals surface area contributed by atoms with E-state index in [4.69, 9.17) is 0 Å². The maximum atomic E-state index is 12.8. The van der Waals surface area contributed by atoms with E-state index >= 15 is 0 Å². The highest BCUT2D eigenvalue weighted by Gasteiger charge is 2.35. The Morgan fingerprint density at radius 3 is 2.39 bits per heavy atom. The van der Waals surface area contributed by atoms with E-state index in [2.05, 4.69) is 0 Å². The van der Waals surface area contributed by atoms with Crippen molar-refractivity contribution in [1.82, 2.24) is 0 Å². The molecule has 5 heteroatoms. The summed E-state index contributed by atoms with van der Waals surface area (Å²) in [6.07, 6.45) is -5.69. The molecular formula is C13H11F3OS. The molecule has 0 spiro atoms. The highest BCUT2D eigenvalue weighted by molar-refractivity contribution is 7.10. The summed E-state index contributed by atoms with van der Waals surface area (Å²) in [5.74, 6) is 0. The van der Waals surface area contributed by atoms with Gasteiger partial charge in [0.1, 0.15) is 6.10 Å². The summed E-state index contributed by atoms with van der Waals surface area (Å²) >= 11 is 1.25. The molecule has 1 heterocycles. The van der Waals surface area contributed by atoms with Crippen LogP contribution in [0.5, 0.6) is 0 Å². The summed E-state index contributed by atoms with van der Waals surface area (Å²) in [5.41, 5.74) is -0.0923. The van der Waals surface area contributed by atoms with Gasteiger partial charge in [-0.05, 0) is 35.6 Å². The van der Waals surface area contributed by atoms with Crippen LogP contribution in [-0.4, -0.2) is 5.11 Å². The Bertz CT molecular complexity index is 545. The zero-order chi connectivity index (χ0) is 13.3. The molecule has 0 saturated heterocycles. The molecule has 0 amide bonds. The van der Waals surface area contributed by atoms with Crippen LogP contribution in [0.25, 0.3) is 0 Å². The monoisotopic (exact) mass is 272 g/mol. The third kappa shape index (κ3) is 2.42. The number of thiophene rings is 1. The zero-order valence-electron chi connectivity index (χ0n) is 9.53. The van der Waals surface area contributed by atoms with Gasteiger partial charge >= 0.3 is 6.18 Å². The van der Waals surface area contributed by atoms with Crippen LogP contribution in [0.1, 0.15) is 27.7 Å². The van der Waals surface area contributed by atoms with E-state index in [-0.39, 0.29) is 5.56 Å². The quantitative estimate of drug-likeness (QED) is 0.870. The number of halogens is 3. The molecule has 0 aliphatic heterocycles. The van der Waals surface area contributed by atoms with Crippen molar-refractivity contribution in [3.63, 3.8) is 0 Å². The van der Waals surface area contributed by atoms with Crippen LogP contribution in [0.15, 0.2) is 35.7 Å². The molecule has 1 aromatic heterocycles. The predicted octanol–water partition coefficient (Wildman–Crippen LogP) is 4.16. The SMILES string of the molecule is Cc1ccsc1C(O)c1ccccc1C(F)(F)F. The summed E-state index contributed by atoms with van der Waals surface area (Å²) in [6.45, 7) is 1.77. The van der Waals surface area contributed by atoms with E-state index in [1.807, 2.05) is 0 Å². The van der Waals surface area contributed by atoms with Crippen LogP contribution in [0.2, 0.25) is 0 Å². The van der Waals surface area contributed by atoms with E-state index in [0.717, 1.165) is 11.6 Å². The molecule has 96 valence electrons. The molecule has 1 nitrogen and oxygen atoms in total. The van der Waals surface area contributed by atoms with Crippen LogP contribution in [0, 0.1) is 6.92 Å². The van der Waals surface area contributed by atoms with Crippen molar-refractivity contribution >= 4 is 11.3 Å². The summed E-state index contributed by atoms with van der Waals surface area (Å²) in [6, 6.07) is 6.89. The first-order chi connectivity index (χ1) is 8.41. The molecule has 0 saturated carbocycles. The lowest BCUT2D eigenvalue weighted by molar-refractivity contribution is -0.139. The molecule has 1 atom stereocenters. The van der Waals surface area contributed by atoms with Gasteiger partial charge in [0, 0.05) is 4.88 Å². The second kappa shape index (κ2) is 4.74. The van der Waals surface area contributed by atoms with Crippen molar-refractivity contribution in [1.29, 1.82) is 0 Å². The molecule has 18 heavy (non-hydrogen) atoms. The van der Waals surface area contributed by atoms with Gasteiger partial charge < -0.3 is 5.11 Å². The molecule has 0 radical (unpaired) electrons. The lowest BCUT2D eigenvalue weighted by Gasteiger charge is -2.17. The maximum Gasteiger partial charge on any atom is 0.416 e. The molecule has 0 aliphatic rings. The number of aliphatic hydroxyl groups is 1. The van der Waals surface area contributed by atoms with Crippen molar-refractivity contribution in [2.75, 3.05) is 0 Å². The first kappa shape index (κ1) is 13.1. The van der Waals surface area contributed by atoms with Crippen molar-refractivity contribution in [3.8, 4) is 0 Å². The fourth-order valence-electron chi connectivity index (χ4n) is 1.80. The topological polar surface area (TPSA) is 20.2 Å². The molecule has 0 fully saturated rings. The lowest BCUT2D eigenvalue weighted by Crippen LogP contribution is -2.12. The van der Waals surface area contributed by atoms with Crippen molar-refractivity contribution < 1.29 is 18.3 Å². The summed E-state index contributed by atoms with van der Waals surface area (Å²) in [4.78, 5) is 0.548. The van der Waals surface area contributed by atoms with Gasteiger partial charge in [0.25, 0.3) is 0 Å². The van der Waals surface area contributed by atoms with E-state index in [0.29, 0.717) is 4.88 Å². The van der Waals surface area contributed by atoms with Crippen LogP contribution >= 0.6 is 11.3 Å². The largest absolute Gasteiger partial charge is 0.416 e. The van der Waals surface area contributed by atoms with Crippen LogP contribution in [0.3, 0.4) is 0 Å². The van der Waals surface area contributed by atoms with E-state index < -0.39 is 17.8 Å². The minimum absolute atomic E-state index is 0.101. The number of hydrogen-bond donors (Lipinski definition) is 1. The third-order valence-electron chi connectivity index (χ3n) is 2.71. The van der Waals surface area contributed by atoms with Crippen LogP contribution in [-0.2, 0) is 6.18 Å². The molecule has 0 aliphatic carbocycles. The first-order valence-electron chi connectivity index (χ1n) is 5.29. The standard InChI is InChI=1S/C13H11F3OS/c1-8-6-7-18-12(8)11(17)9-4-2-3-5-10(9)13(14,15)16/h2-7,11,17H,1H3. The fraction of sp³-hybridized carbons (Fsp3) is 0.231. The first-order valence-corrected chi connectivity index (χ1v) is 6.17. The smallest absolute Gasteiger partial charge is 0.383 e. The number of aliphatic hydroxyl groups excluding tert-OH is 1. The molecule has 1 unspecified atom stereocenters. The second-order valence-electron chi connectivity index (χ2n) is 3.96. The van der Waals surface area contributed by atoms with Gasteiger partial charge in [-0.15, -0.1) is 11.3 Å². The van der Waals surface area contributed by atoms with Gasteiger partial charge in [-0.2, -0.15) is 13.2 Å². The molecular weight excluding hydrogens is 261 g/mol. The normalized spacial score (nSPS) is 13.6. The number of alkyl halides is 3. The second-order valence-corrected chi connectivity index (χ2v) is 4.90. The molecule has 2 rings (SSSR count). The zero-order valence-corrected chi connectivity index (χ0v) is 10.3. The number of aryl methyl sites for hydroxylation is 1. The Morgan fingerprint density at radius 2 is 1.83 bits per heavy atom. The Labute approximate surface area is 107 Å². The molecule has 0 bridgehead atoms. The molecule has 1 aromatic carbocycles. The number of benzene rings is 1. The van der Waals surface area contributed by atoms with E-state index in [9.17, 15) is 18.3 Å². The summed E-state index contributed by atoms with van der Waals surface area (Å²) in [5, 5.41) is 11.9. The Hall–Kier alpha value is -1.33. The van der Waals surface area contributed by atoms with Gasteiger partial charge in [0.2, 0.25) is 0 Å². The summed E-state index contributed by atoms with van der Waals surface area (Å²) in [7, 11) is 0. The van der Waals surface area contributed by atoms with Gasteiger partial charge in [-0.3, -0.25) is 0 Å². The van der Waals surface area contributed by atoms with Gasteiger partial charge in [-0.1, -0.05) is 18.2 Å². The fourth-order valence-corrected chi connectivity index (χ4v) is 2.73. The summed E-state index contributed by atoms with van der Waals surface area (Å²) < 4.78 is 38.5. The number of rotatable bonds is 2. The molecule has 2 aromatic rings. The number of hydrogen-bond acceptors (Lipinski definition) is 2. The van der Waals surface area contributed by atoms with Gasteiger partial charge in [0.15, 0.2) is 0 Å². The van der Waals surface area contributed by atoms with Crippen LogP contribution < -0.4 is 0 Å². The van der Waals surface area contributed by atoms with E-state index in [1.165, 1.54) is 29.5 Å². The minimum Gasteiger partial charge on any atom is -0.383 e. The Balaban J connectivity index is 2.49. The van der Waals surface area contributed by atoms with Gasteiger partial charge in [0.05, 0.1) is 5.56 Å². The highest BCUT2D eigenvalue weighted by Crippen LogP contribution is 2.38. The van der Waals surface area contributed by atoms with Crippen LogP contribution in [0.4, 0.5) is 13.2 Å². The highest BCUT2D eigenvalue weighted by atomic mass is 32.1. The van der Waals surface area contributed by atoms with Crippen molar-refractivity contribution in [3.05, 3.63) is 57.3 Å². The van der Waals surface area contributed by atoms with Crippen molar-refractivity contribution in [2.24, 2.45) is 0 Å². The lowest BCUT2D eigenvalue weighted by atomic mass is 9.99. The Kier molecular flexibility index (Phi) is 3.45. The van der Waals surface area contributed by atoms with E-state index in [1.54, 1.807) is 18.4 Å². The average Bonchev–Trinajstić information content (AvgIpc) is 2.73. The van der Waals surface area contributed by atoms with Crippen molar-refractivity contribution in [2.45, 2.75) is 19.2 Å². The van der Waals surface area contributed by atoms with Gasteiger partial charge in [-0.25, -0.2) is 0 Å². The maximum absolute atomic E-state index is 12.8. The Morgan fingerprint density at radius 1 is 1.17 bits per heavy atom.